The molecule has 1 atom stereocenters. The zero-order valence-electron chi connectivity index (χ0n) is 14.8. The van der Waals surface area contributed by atoms with E-state index < -0.39 is 0 Å². The number of hydrogen-bond acceptors (Lipinski definition) is 3. The van der Waals surface area contributed by atoms with E-state index in [-0.39, 0.29) is 12.0 Å². The fraction of sp³-hybridized carbons (Fsp3) is 0.650. The van der Waals surface area contributed by atoms with Gasteiger partial charge in [-0.05, 0) is 37.3 Å². The van der Waals surface area contributed by atoms with E-state index in [9.17, 15) is 9.90 Å². The van der Waals surface area contributed by atoms with Gasteiger partial charge in [0.05, 0.1) is 12.6 Å². The highest BCUT2D eigenvalue weighted by molar-refractivity contribution is 5.78. The third-order valence-corrected chi connectivity index (χ3v) is 5.41. The first-order valence-corrected chi connectivity index (χ1v) is 9.40. The molecule has 3 rings (SSSR count). The molecule has 4 nitrogen and oxygen atoms in total. The van der Waals surface area contributed by atoms with Gasteiger partial charge in [0.1, 0.15) is 0 Å². The lowest BCUT2D eigenvalue weighted by molar-refractivity contribution is -0.134. The maximum atomic E-state index is 12.8. The molecule has 0 bridgehead atoms. The minimum Gasteiger partial charge on any atom is -0.392 e. The van der Waals surface area contributed by atoms with Crippen molar-refractivity contribution in [2.24, 2.45) is 0 Å². The molecule has 0 aromatic heterocycles. The van der Waals surface area contributed by atoms with Gasteiger partial charge in [0.2, 0.25) is 5.91 Å². The molecule has 4 heteroatoms. The van der Waals surface area contributed by atoms with Crippen LogP contribution in [0.1, 0.15) is 50.2 Å². The van der Waals surface area contributed by atoms with Crippen LogP contribution in [-0.4, -0.2) is 52.6 Å². The number of nitrogens with zero attached hydrogens (tertiary/aromatic N) is 2. The fourth-order valence-electron chi connectivity index (χ4n) is 4.11. The highest BCUT2D eigenvalue weighted by atomic mass is 16.3. The molecule has 1 aromatic rings. The van der Waals surface area contributed by atoms with E-state index in [0.717, 1.165) is 32.4 Å². The zero-order chi connectivity index (χ0) is 16.9. The summed E-state index contributed by atoms with van der Waals surface area (Å²) in [6.07, 6.45) is 6.66. The fourth-order valence-corrected chi connectivity index (χ4v) is 4.11. The van der Waals surface area contributed by atoms with E-state index in [1.807, 2.05) is 11.8 Å². The number of carbonyl (C=O) groups excluding carboxylic acids is 1. The Morgan fingerprint density at radius 1 is 1.25 bits per heavy atom. The van der Waals surface area contributed by atoms with Crippen LogP contribution in [0.25, 0.3) is 0 Å². The van der Waals surface area contributed by atoms with Crippen molar-refractivity contribution in [3.63, 3.8) is 0 Å². The molecule has 1 heterocycles. The molecule has 0 saturated heterocycles. The minimum absolute atomic E-state index is 0.204. The summed E-state index contributed by atoms with van der Waals surface area (Å²) in [6, 6.07) is 8.87. The topological polar surface area (TPSA) is 43.8 Å². The van der Waals surface area contributed by atoms with Crippen LogP contribution in [0.4, 0.5) is 0 Å². The summed E-state index contributed by atoms with van der Waals surface area (Å²) in [5.41, 5.74) is 2.64. The van der Waals surface area contributed by atoms with Crippen LogP contribution in [0.15, 0.2) is 24.3 Å². The van der Waals surface area contributed by atoms with Crippen LogP contribution in [-0.2, 0) is 17.8 Å². The Morgan fingerprint density at radius 2 is 1.96 bits per heavy atom. The van der Waals surface area contributed by atoms with E-state index in [1.54, 1.807) is 0 Å². The average Bonchev–Trinajstić information content (AvgIpc) is 2.61. The number of amides is 1. The Balaban J connectivity index is 1.62. The first-order valence-electron chi connectivity index (χ1n) is 9.40. The van der Waals surface area contributed by atoms with E-state index in [0.29, 0.717) is 19.1 Å². The summed E-state index contributed by atoms with van der Waals surface area (Å²) in [5, 5.41) is 9.84. The normalized spacial score (nSPS) is 20.0. The first-order chi connectivity index (χ1) is 11.6. The van der Waals surface area contributed by atoms with E-state index in [4.69, 9.17) is 0 Å². The van der Waals surface area contributed by atoms with Gasteiger partial charge in [0, 0.05) is 25.7 Å². The number of benzene rings is 1. The molecule has 2 aliphatic rings. The number of rotatable bonds is 5. The highest BCUT2D eigenvalue weighted by Gasteiger charge is 2.27. The van der Waals surface area contributed by atoms with Crippen molar-refractivity contribution in [3.8, 4) is 0 Å². The Kier molecular flexibility index (Phi) is 5.90. The molecular weight excluding hydrogens is 300 g/mol. The SMILES string of the molecule is CC(O)CN(CC(=O)N1CCc2ccccc2C1)C1CCCCC1. The van der Waals surface area contributed by atoms with Crippen molar-refractivity contribution in [3.05, 3.63) is 35.4 Å². The van der Waals surface area contributed by atoms with Crippen molar-refractivity contribution in [1.29, 1.82) is 0 Å². The van der Waals surface area contributed by atoms with Gasteiger partial charge in [-0.2, -0.15) is 0 Å². The third kappa shape index (κ3) is 4.37. The molecule has 0 spiro atoms. The molecule has 0 radical (unpaired) electrons. The van der Waals surface area contributed by atoms with Crippen molar-refractivity contribution in [1.82, 2.24) is 9.80 Å². The molecule has 24 heavy (non-hydrogen) atoms. The molecule has 1 aliphatic heterocycles. The van der Waals surface area contributed by atoms with Gasteiger partial charge in [0.15, 0.2) is 0 Å². The van der Waals surface area contributed by atoms with Crippen molar-refractivity contribution in [2.45, 2.75) is 64.1 Å². The molecule has 1 saturated carbocycles. The number of aliphatic hydroxyl groups excluding tert-OH is 1. The molecule has 1 amide bonds. The summed E-state index contributed by atoms with van der Waals surface area (Å²) in [7, 11) is 0. The summed E-state index contributed by atoms with van der Waals surface area (Å²) in [5.74, 6) is 0.204. The lowest BCUT2D eigenvalue weighted by Gasteiger charge is -2.37. The van der Waals surface area contributed by atoms with Gasteiger partial charge in [-0.25, -0.2) is 0 Å². The predicted octanol–water partition coefficient (Wildman–Crippen LogP) is 2.59. The Hall–Kier alpha value is -1.39. The van der Waals surface area contributed by atoms with Crippen molar-refractivity contribution in [2.75, 3.05) is 19.6 Å². The standard InChI is InChI=1S/C20H30N2O2/c1-16(23)13-22(19-9-3-2-4-10-19)15-20(24)21-12-11-17-7-5-6-8-18(17)14-21/h5-8,16,19,23H,2-4,9-15H2,1H3. The van der Waals surface area contributed by atoms with Crippen LogP contribution < -0.4 is 0 Å². The first kappa shape index (κ1) is 17.4. The van der Waals surface area contributed by atoms with Crippen LogP contribution in [0.2, 0.25) is 0 Å². The van der Waals surface area contributed by atoms with Gasteiger partial charge in [0.25, 0.3) is 0 Å². The third-order valence-electron chi connectivity index (χ3n) is 5.41. The average molecular weight is 330 g/mol. The smallest absolute Gasteiger partial charge is 0.237 e. The lowest BCUT2D eigenvalue weighted by Crippen LogP contribution is -2.48. The molecule has 132 valence electrons. The maximum Gasteiger partial charge on any atom is 0.237 e. The van der Waals surface area contributed by atoms with E-state index in [2.05, 4.69) is 29.2 Å². The Labute approximate surface area is 145 Å². The molecule has 1 fully saturated rings. The molecule has 1 aromatic carbocycles. The summed E-state index contributed by atoms with van der Waals surface area (Å²) in [6.45, 7) is 4.39. The second-order valence-corrected chi connectivity index (χ2v) is 7.40. The predicted molar refractivity (Wildman–Crippen MR) is 95.7 cm³/mol. The van der Waals surface area contributed by atoms with Crippen molar-refractivity contribution < 1.29 is 9.90 Å². The quantitative estimate of drug-likeness (QED) is 0.902. The number of hydrogen-bond donors (Lipinski definition) is 1. The summed E-state index contributed by atoms with van der Waals surface area (Å²) < 4.78 is 0. The van der Waals surface area contributed by atoms with Crippen LogP contribution in [0, 0.1) is 0 Å². The van der Waals surface area contributed by atoms with Gasteiger partial charge in [-0.15, -0.1) is 0 Å². The largest absolute Gasteiger partial charge is 0.392 e. The van der Waals surface area contributed by atoms with Gasteiger partial charge in [-0.3, -0.25) is 9.69 Å². The minimum atomic E-state index is -0.387. The van der Waals surface area contributed by atoms with E-state index >= 15 is 0 Å². The maximum absolute atomic E-state index is 12.8. The van der Waals surface area contributed by atoms with Crippen LogP contribution in [0.5, 0.6) is 0 Å². The summed E-state index contributed by atoms with van der Waals surface area (Å²) in [4.78, 5) is 17.1. The molecule has 1 N–H and O–H groups in total. The molecule has 1 unspecified atom stereocenters. The monoisotopic (exact) mass is 330 g/mol. The highest BCUT2D eigenvalue weighted by Crippen LogP contribution is 2.24. The second-order valence-electron chi connectivity index (χ2n) is 7.40. The number of fused-ring (bicyclic) bond motifs is 1. The number of aliphatic hydroxyl groups is 1. The Morgan fingerprint density at radius 3 is 2.67 bits per heavy atom. The van der Waals surface area contributed by atoms with Crippen molar-refractivity contribution >= 4 is 5.91 Å². The van der Waals surface area contributed by atoms with Crippen LogP contribution >= 0.6 is 0 Å². The lowest BCUT2D eigenvalue weighted by atomic mass is 9.94. The van der Waals surface area contributed by atoms with E-state index in [1.165, 1.54) is 30.4 Å². The molecular formula is C20H30N2O2. The van der Waals surface area contributed by atoms with Gasteiger partial charge < -0.3 is 10.0 Å². The number of carbonyl (C=O) groups is 1. The second kappa shape index (κ2) is 8.13. The zero-order valence-corrected chi connectivity index (χ0v) is 14.8. The van der Waals surface area contributed by atoms with Crippen LogP contribution in [0.3, 0.4) is 0 Å². The Bertz CT molecular complexity index is 552. The van der Waals surface area contributed by atoms with Gasteiger partial charge in [-0.1, -0.05) is 43.5 Å². The van der Waals surface area contributed by atoms with Gasteiger partial charge >= 0.3 is 0 Å². The molecule has 1 aliphatic carbocycles. The summed E-state index contributed by atoms with van der Waals surface area (Å²) >= 11 is 0.